The second-order valence-corrected chi connectivity index (χ2v) is 18.5. The number of hydrogen-bond donors (Lipinski definition) is 0. The van der Waals surface area contributed by atoms with Gasteiger partial charge in [0.25, 0.3) is 0 Å². The molecule has 6 heteroatoms. The molecule has 0 bridgehead atoms. The van der Waals surface area contributed by atoms with Crippen LogP contribution >= 0.6 is 0 Å². The van der Waals surface area contributed by atoms with Crippen molar-refractivity contribution in [3.63, 3.8) is 0 Å². The van der Waals surface area contributed by atoms with Gasteiger partial charge in [0.05, 0.1) is 0 Å². The first-order chi connectivity index (χ1) is 32.0. The van der Waals surface area contributed by atoms with Gasteiger partial charge in [-0.05, 0) is 64.2 Å². The molecule has 0 aliphatic rings. The second kappa shape index (κ2) is 53.7. The molecule has 0 amide bonds. The summed E-state index contributed by atoms with van der Waals surface area (Å²) in [6.07, 6.45) is 66.7. The van der Waals surface area contributed by atoms with Crippen LogP contribution in [0.2, 0.25) is 0 Å². The molecule has 65 heavy (non-hydrogen) atoms. The highest BCUT2D eigenvalue weighted by atomic mass is 16.6. The van der Waals surface area contributed by atoms with E-state index in [1.807, 2.05) is 0 Å². The van der Waals surface area contributed by atoms with Crippen molar-refractivity contribution in [1.82, 2.24) is 0 Å². The molecule has 0 aromatic heterocycles. The van der Waals surface area contributed by atoms with Crippen LogP contribution in [0, 0.1) is 0 Å². The predicted octanol–water partition coefficient (Wildman–Crippen LogP) is 18.4. The van der Waals surface area contributed by atoms with E-state index in [-0.39, 0.29) is 31.1 Å². The van der Waals surface area contributed by atoms with Crippen LogP contribution in [0.4, 0.5) is 0 Å². The largest absolute Gasteiger partial charge is 0.462 e. The maximum absolute atomic E-state index is 12.7. The van der Waals surface area contributed by atoms with Gasteiger partial charge in [0.1, 0.15) is 13.2 Å². The summed E-state index contributed by atoms with van der Waals surface area (Å²) in [5.41, 5.74) is 0. The number of allylic oxidation sites excluding steroid dienone is 10. The zero-order valence-corrected chi connectivity index (χ0v) is 43.0. The van der Waals surface area contributed by atoms with Gasteiger partial charge in [-0.1, -0.05) is 255 Å². The van der Waals surface area contributed by atoms with Gasteiger partial charge < -0.3 is 14.2 Å². The Morgan fingerprint density at radius 3 is 0.938 bits per heavy atom. The highest BCUT2D eigenvalue weighted by molar-refractivity contribution is 5.71. The van der Waals surface area contributed by atoms with E-state index in [0.717, 1.165) is 89.9 Å². The lowest BCUT2D eigenvalue weighted by molar-refractivity contribution is -0.167. The quantitative estimate of drug-likeness (QED) is 0.0262. The minimum absolute atomic E-state index is 0.0704. The summed E-state index contributed by atoms with van der Waals surface area (Å²) in [5, 5.41) is 0. The van der Waals surface area contributed by atoms with Gasteiger partial charge in [0.15, 0.2) is 6.10 Å². The molecule has 0 radical (unpaired) electrons. The smallest absolute Gasteiger partial charge is 0.306 e. The summed E-state index contributed by atoms with van der Waals surface area (Å²) in [7, 11) is 0. The van der Waals surface area contributed by atoms with E-state index in [2.05, 4.69) is 81.5 Å². The van der Waals surface area contributed by atoms with E-state index in [1.165, 1.54) is 148 Å². The molecule has 0 rings (SSSR count). The molecule has 0 fully saturated rings. The Kier molecular flexibility index (Phi) is 51.3. The average Bonchev–Trinajstić information content (AvgIpc) is 3.30. The Morgan fingerprint density at radius 2 is 0.600 bits per heavy atom. The topological polar surface area (TPSA) is 78.9 Å². The van der Waals surface area contributed by atoms with Crippen molar-refractivity contribution in [1.29, 1.82) is 0 Å². The van der Waals surface area contributed by atoms with Gasteiger partial charge in [-0.3, -0.25) is 14.4 Å². The molecule has 0 aromatic rings. The molecular weight excluding hydrogens is 805 g/mol. The standard InChI is InChI=1S/C59H104O6/c1-4-7-10-13-16-18-20-21-22-23-24-25-26-27-28-29-30-31-32-33-34-35-36-37-39-40-43-46-49-52-58(61)64-55-56(54-63-57(60)51-48-45-42-15-12-9-6-3)65-59(62)53-50-47-44-41-38-19-17-14-11-8-5-2/h7,10,16,18,21-22,24-25,27-28,56H,4-6,8-9,11-15,17,19-20,23,26,29-55H2,1-3H3/b10-7-,18-16-,22-21-,25-24-,28-27-. The molecule has 0 N–H and O–H groups in total. The van der Waals surface area contributed by atoms with Gasteiger partial charge in [0.2, 0.25) is 0 Å². The second-order valence-electron chi connectivity index (χ2n) is 18.5. The number of carbonyl (C=O) groups excluding carboxylic acids is 3. The molecule has 0 saturated heterocycles. The normalized spacial score (nSPS) is 12.5. The van der Waals surface area contributed by atoms with Crippen molar-refractivity contribution >= 4 is 17.9 Å². The lowest BCUT2D eigenvalue weighted by Gasteiger charge is -2.18. The monoisotopic (exact) mass is 909 g/mol. The highest BCUT2D eigenvalue weighted by Crippen LogP contribution is 2.16. The van der Waals surface area contributed by atoms with Gasteiger partial charge in [-0.25, -0.2) is 0 Å². The molecule has 1 atom stereocenters. The molecule has 1 unspecified atom stereocenters. The van der Waals surface area contributed by atoms with Crippen LogP contribution in [0.1, 0.15) is 278 Å². The first-order valence-electron chi connectivity index (χ1n) is 27.8. The Labute approximate surface area is 402 Å². The lowest BCUT2D eigenvalue weighted by atomic mass is 10.0. The number of ether oxygens (including phenoxy) is 3. The van der Waals surface area contributed by atoms with Crippen LogP contribution in [0.25, 0.3) is 0 Å². The molecule has 0 saturated carbocycles. The van der Waals surface area contributed by atoms with Gasteiger partial charge in [-0.2, -0.15) is 0 Å². The summed E-state index contributed by atoms with van der Waals surface area (Å²) in [6.45, 7) is 6.49. The van der Waals surface area contributed by atoms with E-state index in [4.69, 9.17) is 14.2 Å². The number of carbonyl (C=O) groups is 3. The maximum atomic E-state index is 12.7. The molecule has 0 aliphatic heterocycles. The number of unbranched alkanes of at least 4 members (excludes halogenated alkanes) is 29. The SMILES string of the molecule is CC/C=C\C/C=C\C/C=C\C/C=C\C/C=C\CCCCCCCCCCCCCCCC(=O)OCC(COC(=O)CCCCCCCCC)OC(=O)CCCCCCCCCCCCC. The van der Waals surface area contributed by atoms with Crippen molar-refractivity contribution in [2.75, 3.05) is 13.2 Å². The fourth-order valence-corrected chi connectivity index (χ4v) is 7.88. The highest BCUT2D eigenvalue weighted by Gasteiger charge is 2.19. The van der Waals surface area contributed by atoms with Crippen LogP contribution in [0.3, 0.4) is 0 Å². The van der Waals surface area contributed by atoms with Crippen LogP contribution in [0.5, 0.6) is 0 Å². The molecule has 0 aromatic carbocycles. The van der Waals surface area contributed by atoms with Crippen molar-refractivity contribution < 1.29 is 28.6 Å². The third-order valence-electron chi connectivity index (χ3n) is 12.0. The predicted molar refractivity (Wildman–Crippen MR) is 279 cm³/mol. The minimum Gasteiger partial charge on any atom is -0.462 e. The van der Waals surface area contributed by atoms with Crippen LogP contribution < -0.4 is 0 Å². The van der Waals surface area contributed by atoms with Gasteiger partial charge in [0, 0.05) is 19.3 Å². The number of hydrogen-bond acceptors (Lipinski definition) is 6. The van der Waals surface area contributed by atoms with E-state index >= 15 is 0 Å². The number of esters is 3. The summed E-state index contributed by atoms with van der Waals surface area (Å²) in [5.74, 6) is -0.871. The molecule has 0 heterocycles. The first kappa shape index (κ1) is 62.1. The Bertz CT molecular complexity index is 1180. The van der Waals surface area contributed by atoms with Crippen molar-refractivity contribution in [2.24, 2.45) is 0 Å². The zero-order chi connectivity index (χ0) is 47.2. The average molecular weight is 909 g/mol. The summed E-state index contributed by atoms with van der Waals surface area (Å²) in [4.78, 5) is 37.8. The van der Waals surface area contributed by atoms with Gasteiger partial charge in [-0.15, -0.1) is 0 Å². The third-order valence-corrected chi connectivity index (χ3v) is 12.0. The van der Waals surface area contributed by atoms with Crippen LogP contribution in [-0.4, -0.2) is 37.2 Å². The Balaban J connectivity index is 4.04. The Hall–Kier alpha value is -2.89. The van der Waals surface area contributed by atoms with Crippen molar-refractivity contribution in [3.8, 4) is 0 Å². The molecule has 6 nitrogen and oxygen atoms in total. The first-order valence-corrected chi connectivity index (χ1v) is 27.8. The molecule has 0 spiro atoms. The summed E-state index contributed by atoms with van der Waals surface area (Å²) in [6, 6.07) is 0. The molecule has 376 valence electrons. The van der Waals surface area contributed by atoms with Crippen LogP contribution in [0.15, 0.2) is 60.8 Å². The fourth-order valence-electron chi connectivity index (χ4n) is 7.88. The summed E-state index contributed by atoms with van der Waals surface area (Å²) >= 11 is 0. The Morgan fingerprint density at radius 1 is 0.323 bits per heavy atom. The maximum Gasteiger partial charge on any atom is 0.306 e. The van der Waals surface area contributed by atoms with E-state index in [9.17, 15) is 14.4 Å². The zero-order valence-electron chi connectivity index (χ0n) is 43.0. The van der Waals surface area contributed by atoms with Gasteiger partial charge >= 0.3 is 17.9 Å². The van der Waals surface area contributed by atoms with Crippen molar-refractivity contribution in [2.45, 2.75) is 284 Å². The number of rotatable bonds is 50. The molecular formula is C59H104O6. The third kappa shape index (κ3) is 51.9. The van der Waals surface area contributed by atoms with E-state index < -0.39 is 6.10 Å². The summed E-state index contributed by atoms with van der Waals surface area (Å²) < 4.78 is 16.7. The fraction of sp³-hybridized carbons (Fsp3) is 0.780. The molecule has 0 aliphatic carbocycles. The van der Waals surface area contributed by atoms with Crippen LogP contribution in [-0.2, 0) is 28.6 Å². The van der Waals surface area contributed by atoms with Crippen molar-refractivity contribution in [3.05, 3.63) is 60.8 Å². The van der Waals surface area contributed by atoms with E-state index in [1.54, 1.807) is 0 Å². The lowest BCUT2D eigenvalue weighted by Crippen LogP contribution is -2.30. The van der Waals surface area contributed by atoms with E-state index in [0.29, 0.717) is 19.3 Å². The minimum atomic E-state index is -0.766.